The second kappa shape index (κ2) is 6.91. The first-order chi connectivity index (χ1) is 14.9. The van der Waals surface area contributed by atoms with Crippen LogP contribution in [0.5, 0.6) is 0 Å². The predicted octanol–water partition coefficient (Wildman–Crippen LogP) is 3.95. The van der Waals surface area contributed by atoms with Crippen molar-refractivity contribution in [3.63, 3.8) is 0 Å². The summed E-state index contributed by atoms with van der Waals surface area (Å²) in [7, 11) is 0. The molecule has 1 saturated heterocycles. The third kappa shape index (κ3) is 2.80. The summed E-state index contributed by atoms with van der Waals surface area (Å²) in [5, 5.41) is 8.81. The highest BCUT2D eigenvalue weighted by Crippen LogP contribution is 2.33. The molecular weight excluding hydrogens is 376 g/mol. The maximum Gasteiger partial charge on any atom is 0.135 e. The Hall–Kier alpha value is -3.81. The Morgan fingerprint density at radius 1 is 0.867 bits per heavy atom. The van der Waals surface area contributed by atoms with Crippen molar-refractivity contribution < 1.29 is 0 Å². The number of fused-ring (bicyclic) bond motifs is 2. The van der Waals surface area contributed by atoms with Crippen molar-refractivity contribution in [2.75, 3.05) is 18.0 Å². The summed E-state index contributed by atoms with van der Waals surface area (Å²) in [4.78, 5) is 23.7. The summed E-state index contributed by atoms with van der Waals surface area (Å²) < 4.78 is 0. The van der Waals surface area contributed by atoms with E-state index in [9.17, 15) is 0 Å². The van der Waals surface area contributed by atoms with Gasteiger partial charge in [-0.25, -0.2) is 4.98 Å². The third-order valence-electron chi connectivity index (χ3n) is 5.71. The third-order valence-corrected chi connectivity index (χ3v) is 5.71. The van der Waals surface area contributed by atoms with Gasteiger partial charge in [-0.15, -0.1) is 0 Å². The Morgan fingerprint density at radius 2 is 1.80 bits per heavy atom. The Balaban J connectivity index is 1.47. The average Bonchev–Trinajstić information content (AvgIpc) is 3.43. The van der Waals surface area contributed by atoms with Crippen LogP contribution in [0.25, 0.3) is 44.7 Å². The average molecular weight is 396 g/mol. The van der Waals surface area contributed by atoms with E-state index in [0.29, 0.717) is 0 Å². The van der Waals surface area contributed by atoms with Crippen molar-refractivity contribution in [1.82, 2.24) is 35.1 Å². The lowest BCUT2D eigenvalue weighted by atomic mass is 10.1. The van der Waals surface area contributed by atoms with Crippen LogP contribution in [0.4, 0.5) is 5.69 Å². The van der Waals surface area contributed by atoms with Gasteiger partial charge >= 0.3 is 0 Å². The smallest absolute Gasteiger partial charge is 0.135 e. The van der Waals surface area contributed by atoms with Crippen molar-refractivity contribution >= 4 is 27.6 Å². The fraction of sp³-hybridized carbons (Fsp3) is 0.227. The van der Waals surface area contributed by atoms with Crippen LogP contribution in [-0.2, 0) is 0 Å². The Bertz CT molecular complexity index is 1330. The van der Waals surface area contributed by atoms with E-state index in [2.05, 4.69) is 41.1 Å². The van der Waals surface area contributed by atoms with Gasteiger partial charge in [-0.3, -0.25) is 20.1 Å². The number of hydrogen-bond donors (Lipinski definition) is 2. The van der Waals surface area contributed by atoms with Crippen LogP contribution in [0.3, 0.4) is 0 Å². The minimum Gasteiger partial charge on any atom is -0.370 e. The van der Waals surface area contributed by atoms with Crippen molar-refractivity contribution in [1.29, 1.82) is 0 Å². The number of pyridine rings is 2. The minimum absolute atomic E-state index is 0.736. The molecule has 5 aromatic rings. The normalized spacial score (nSPS) is 14.6. The Morgan fingerprint density at radius 3 is 2.67 bits per heavy atom. The standard InChI is InChI=1S/C22H20N8/c1-2-8-30(9-3-1)20-13-24-11-18-14(20)10-17(26-18)22-21-16(28-29-22)5-4-15(27-21)19-12-23-6-7-25-19/h4-7,10-13,26H,1-3,8-9H2,(H,28,29). The van der Waals surface area contributed by atoms with Crippen molar-refractivity contribution in [3.8, 4) is 22.8 Å². The summed E-state index contributed by atoms with van der Waals surface area (Å²) in [6.45, 7) is 2.16. The molecule has 8 nitrogen and oxygen atoms in total. The fourth-order valence-electron chi connectivity index (χ4n) is 4.21. The number of nitrogens with zero attached hydrogens (tertiary/aromatic N) is 6. The van der Waals surface area contributed by atoms with E-state index >= 15 is 0 Å². The molecule has 148 valence electrons. The summed E-state index contributed by atoms with van der Waals surface area (Å²) in [6.07, 6.45) is 12.6. The molecule has 8 heteroatoms. The van der Waals surface area contributed by atoms with Crippen molar-refractivity contribution in [2.45, 2.75) is 19.3 Å². The maximum absolute atomic E-state index is 4.82. The zero-order chi connectivity index (χ0) is 19.9. The van der Waals surface area contributed by atoms with Crippen LogP contribution < -0.4 is 4.90 Å². The highest BCUT2D eigenvalue weighted by molar-refractivity contribution is 5.98. The lowest BCUT2D eigenvalue weighted by Gasteiger charge is -2.28. The molecule has 0 saturated carbocycles. The number of anilines is 1. The topological polar surface area (TPSA) is 99.3 Å². The maximum atomic E-state index is 4.82. The largest absolute Gasteiger partial charge is 0.370 e. The van der Waals surface area contributed by atoms with E-state index in [1.165, 1.54) is 30.3 Å². The molecule has 1 aliphatic rings. The quantitative estimate of drug-likeness (QED) is 0.479. The van der Waals surface area contributed by atoms with Gasteiger partial charge in [-0.2, -0.15) is 5.10 Å². The first-order valence-corrected chi connectivity index (χ1v) is 10.2. The van der Waals surface area contributed by atoms with E-state index in [-0.39, 0.29) is 0 Å². The molecule has 0 atom stereocenters. The number of piperidine rings is 1. The Labute approximate surface area is 172 Å². The van der Waals surface area contributed by atoms with Gasteiger partial charge in [-0.1, -0.05) is 0 Å². The van der Waals surface area contributed by atoms with E-state index in [1.807, 2.05) is 24.5 Å². The van der Waals surface area contributed by atoms with Crippen LogP contribution in [0.15, 0.2) is 49.2 Å². The Kier molecular flexibility index (Phi) is 3.93. The molecule has 1 aliphatic heterocycles. The summed E-state index contributed by atoms with van der Waals surface area (Å²) in [5.41, 5.74) is 7.09. The predicted molar refractivity (Wildman–Crippen MR) is 116 cm³/mol. The number of aromatic nitrogens is 7. The highest BCUT2D eigenvalue weighted by atomic mass is 15.1. The summed E-state index contributed by atoms with van der Waals surface area (Å²) in [6, 6.07) is 6.07. The first kappa shape index (κ1) is 17.1. The van der Waals surface area contributed by atoms with Crippen LogP contribution in [0, 0.1) is 0 Å². The van der Waals surface area contributed by atoms with E-state index in [4.69, 9.17) is 4.98 Å². The lowest BCUT2D eigenvalue weighted by Crippen LogP contribution is -2.29. The van der Waals surface area contributed by atoms with E-state index < -0.39 is 0 Å². The lowest BCUT2D eigenvalue weighted by molar-refractivity contribution is 0.578. The molecule has 6 rings (SSSR count). The zero-order valence-electron chi connectivity index (χ0n) is 16.3. The van der Waals surface area contributed by atoms with Gasteiger partial charge in [0.25, 0.3) is 0 Å². The molecule has 0 radical (unpaired) electrons. The molecule has 2 N–H and O–H groups in total. The molecule has 0 amide bonds. The van der Waals surface area contributed by atoms with Crippen molar-refractivity contribution in [3.05, 3.63) is 49.2 Å². The number of H-pyrrole nitrogens is 2. The molecule has 0 aliphatic carbocycles. The zero-order valence-corrected chi connectivity index (χ0v) is 16.3. The SMILES string of the molecule is c1cnc(-c2ccc3[nH]nc(-c4cc5c(N6CCCCC6)cncc5[nH]4)c3n2)cn1. The second-order valence-electron chi connectivity index (χ2n) is 7.61. The molecular formula is C22H20N8. The monoisotopic (exact) mass is 396 g/mol. The molecule has 6 heterocycles. The number of aromatic amines is 2. The van der Waals surface area contributed by atoms with Gasteiger partial charge in [0, 0.05) is 30.9 Å². The molecule has 0 unspecified atom stereocenters. The van der Waals surface area contributed by atoms with Crippen LogP contribution in [0.2, 0.25) is 0 Å². The van der Waals surface area contributed by atoms with Gasteiger partial charge in [0.1, 0.15) is 16.9 Å². The molecule has 0 spiro atoms. The van der Waals surface area contributed by atoms with Crippen LogP contribution in [-0.4, -0.2) is 48.2 Å². The van der Waals surface area contributed by atoms with Gasteiger partial charge < -0.3 is 9.88 Å². The van der Waals surface area contributed by atoms with Gasteiger partial charge in [-0.05, 0) is 37.5 Å². The molecule has 5 aromatic heterocycles. The highest BCUT2D eigenvalue weighted by Gasteiger charge is 2.18. The second-order valence-corrected chi connectivity index (χ2v) is 7.61. The summed E-state index contributed by atoms with van der Waals surface area (Å²) >= 11 is 0. The van der Waals surface area contributed by atoms with Crippen LogP contribution in [0.1, 0.15) is 19.3 Å². The van der Waals surface area contributed by atoms with E-state index in [0.717, 1.165) is 52.4 Å². The summed E-state index contributed by atoms with van der Waals surface area (Å²) in [5.74, 6) is 0. The van der Waals surface area contributed by atoms with Gasteiger partial charge in [0.05, 0.1) is 46.7 Å². The molecule has 0 aromatic carbocycles. The minimum atomic E-state index is 0.736. The fourth-order valence-corrected chi connectivity index (χ4v) is 4.21. The van der Waals surface area contributed by atoms with Gasteiger partial charge in [0.2, 0.25) is 0 Å². The molecule has 0 bridgehead atoms. The number of rotatable bonds is 3. The van der Waals surface area contributed by atoms with E-state index in [1.54, 1.807) is 18.6 Å². The number of hydrogen-bond acceptors (Lipinski definition) is 6. The first-order valence-electron chi connectivity index (χ1n) is 10.2. The van der Waals surface area contributed by atoms with Crippen LogP contribution >= 0.6 is 0 Å². The number of nitrogens with one attached hydrogen (secondary N) is 2. The molecule has 1 fully saturated rings. The van der Waals surface area contributed by atoms with Crippen molar-refractivity contribution in [2.24, 2.45) is 0 Å². The van der Waals surface area contributed by atoms with Gasteiger partial charge in [0.15, 0.2) is 0 Å². The molecule has 30 heavy (non-hydrogen) atoms.